The molecule has 0 fully saturated rings. The molecule has 0 bridgehead atoms. The van der Waals surface area contributed by atoms with Crippen molar-refractivity contribution in [1.82, 2.24) is 4.98 Å². The second kappa shape index (κ2) is 6.59. The van der Waals surface area contributed by atoms with Crippen LogP contribution in [0.5, 0.6) is 0 Å². The molecule has 1 amide bonds. The number of esters is 1. The molecule has 0 saturated carbocycles. The Labute approximate surface area is 161 Å². The van der Waals surface area contributed by atoms with E-state index in [0.29, 0.717) is 27.5 Å². The summed E-state index contributed by atoms with van der Waals surface area (Å²) in [6.07, 6.45) is 0. The van der Waals surface area contributed by atoms with Crippen LogP contribution in [0.1, 0.15) is 33.1 Å². The van der Waals surface area contributed by atoms with Crippen LogP contribution >= 0.6 is 11.6 Å². The summed E-state index contributed by atoms with van der Waals surface area (Å²) in [6.45, 7) is 1.80. The molecular formula is C21H17ClN2O3. The highest BCUT2D eigenvalue weighted by atomic mass is 35.5. The maximum Gasteiger partial charge on any atom is 0.340 e. The molecule has 1 atom stereocenters. The fourth-order valence-corrected chi connectivity index (χ4v) is 3.90. The first-order valence-electron chi connectivity index (χ1n) is 8.48. The third-order valence-electron chi connectivity index (χ3n) is 4.83. The number of carbonyl (C=O) groups excluding carboxylic acids is 2. The molecule has 0 spiro atoms. The number of carbonyl (C=O) groups is 2. The van der Waals surface area contributed by atoms with Gasteiger partial charge in [0.05, 0.1) is 35.0 Å². The molecule has 3 aromatic rings. The Kier molecular flexibility index (Phi) is 4.24. The second-order valence-electron chi connectivity index (χ2n) is 6.40. The number of hydrogen-bond donors (Lipinski definition) is 2. The van der Waals surface area contributed by atoms with Gasteiger partial charge in [0, 0.05) is 11.3 Å². The van der Waals surface area contributed by atoms with Gasteiger partial charge in [-0.25, -0.2) is 4.79 Å². The van der Waals surface area contributed by atoms with E-state index in [9.17, 15) is 9.59 Å². The second-order valence-corrected chi connectivity index (χ2v) is 6.80. The van der Waals surface area contributed by atoms with Crippen molar-refractivity contribution in [2.24, 2.45) is 0 Å². The highest BCUT2D eigenvalue weighted by Gasteiger charge is 2.39. The van der Waals surface area contributed by atoms with E-state index in [1.807, 2.05) is 36.4 Å². The smallest absolute Gasteiger partial charge is 0.340 e. The van der Waals surface area contributed by atoms with Gasteiger partial charge in [-0.2, -0.15) is 0 Å². The molecule has 5 nitrogen and oxygen atoms in total. The van der Waals surface area contributed by atoms with E-state index in [0.717, 1.165) is 16.8 Å². The van der Waals surface area contributed by atoms with E-state index in [-0.39, 0.29) is 5.91 Å². The molecule has 0 radical (unpaired) electrons. The zero-order valence-electron chi connectivity index (χ0n) is 14.8. The van der Waals surface area contributed by atoms with Gasteiger partial charge in [-0.05, 0) is 24.1 Å². The van der Waals surface area contributed by atoms with Crippen LogP contribution in [0.25, 0.3) is 11.3 Å². The van der Waals surface area contributed by atoms with Crippen molar-refractivity contribution in [1.29, 1.82) is 0 Å². The van der Waals surface area contributed by atoms with Crippen molar-refractivity contribution >= 4 is 29.2 Å². The van der Waals surface area contributed by atoms with Gasteiger partial charge < -0.3 is 15.0 Å². The third-order valence-corrected chi connectivity index (χ3v) is 5.15. The Morgan fingerprint density at radius 3 is 2.56 bits per heavy atom. The largest absolute Gasteiger partial charge is 0.465 e. The number of aromatic nitrogens is 1. The van der Waals surface area contributed by atoms with E-state index in [1.165, 1.54) is 7.11 Å². The number of halogens is 1. The summed E-state index contributed by atoms with van der Waals surface area (Å²) >= 11 is 6.27. The summed E-state index contributed by atoms with van der Waals surface area (Å²) in [4.78, 5) is 28.7. The number of benzene rings is 2. The summed E-state index contributed by atoms with van der Waals surface area (Å²) in [5, 5.41) is 3.32. The molecular weight excluding hydrogens is 364 g/mol. The standard InChI is InChI=1S/C21H17ClN2O3/c1-11-15(21(26)27-2)17(18(23-11)12-7-4-3-5-8-12)16-13-9-6-10-14(22)19(13)24-20(16)25/h3-10,16,23H,1-2H3,(H,24,25)/t16-/m0/s1. The van der Waals surface area contributed by atoms with Crippen LogP contribution in [0.4, 0.5) is 5.69 Å². The van der Waals surface area contributed by atoms with Crippen molar-refractivity contribution in [2.75, 3.05) is 12.4 Å². The molecule has 4 rings (SSSR count). The first-order chi connectivity index (χ1) is 13.0. The van der Waals surface area contributed by atoms with E-state index in [1.54, 1.807) is 19.1 Å². The summed E-state index contributed by atoms with van der Waals surface area (Å²) in [6, 6.07) is 15.0. The van der Waals surface area contributed by atoms with Crippen LogP contribution in [-0.4, -0.2) is 24.0 Å². The number of anilines is 1. The number of methoxy groups -OCH3 is 1. The third kappa shape index (κ3) is 2.71. The monoisotopic (exact) mass is 380 g/mol. The molecule has 6 heteroatoms. The van der Waals surface area contributed by atoms with Crippen LogP contribution in [0.2, 0.25) is 5.02 Å². The van der Waals surface area contributed by atoms with Gasteiger partial charge in [-0.1, -0.05) is 54.1 Å². The van der Waals surface area contributed by atoms with E-state index >= 15 is 0 Å². The Morgan fingerprint density at radius 2 is 1.85 bits per heavy atom. The van der Waals surface area contributed by atoms with Crippen molar-refractivity contribution in [3.63, 3.8) is 0 Å². The molecule has 136 valence electrons. The number of ether oxygens (including phenoxy) is 1. The van der Waals surface area contributed by atoms with E-state index in [2.05, 4.69) is 10.3 Å². The minimum atomic E-state index is -0.659. The van der Waals surface area contributed by atoms with Crippen molar-refractivity contribution in [2.45, 2.75) is 12.8 Å². The number of aromatic amines is 1. The average molecular weight is 381 g/mol. The van der Waals surface area contributed by atoms with Crippen LogP contribution in [0.3, 0.4) is 0 Å². The molecule has 1 aliphatic heterocycles. The number of H-pyrrole nitrogens is 1. The lowest BCUT2D eigenvalue weighted by molar-refractivity contribution is -0.116. The van der Waals surface area contributed by atoms with E-state index in [4.69, 9.17) is 16.3 Å². The first kappa shape index (κ1) is 17.4. The Balaban J connectivity index is 2.01. The average Bonchev–Trinajstić information content (AvgIpc) is 3.19. The van der Waals surface area contributed by atoms with Gasteiger partial charge in [0.25, 0.3) is 0 Å². The number of fused-ring (bicyclic) bond motifs is 1. The SMILES string of the molecule is COC(=O)c1c(C)[nH]c(-c2ccccc2)c1[C@H]1C(=O)Nc2c(Cl)cccc21. The van der Waals surface area contributed by atoms with Gasteiger partial charge in [0.15, 0.2) is 0 Å². The van der Waals surface area contributed by atoms with E-state index < -0.39 is 11.9 Å². The molecule has 1 aromatic heterocycles. The van der Waals surface area contributed by atoms with Crippen molar-refractivity contribution < 1.29 is 14.3 Å². The summed E-state index contributed by atoms with van der Waals surface area (Å²) in [5.74, 6) is -1.36. The molecule has 0 unspecified atom stereocenters. The molecule has 0 aliphatic carbocycles. The molecule has 0 saturated heterocycles. The first-order valence-corrected chi connectivity index (χ1v) is 8.86. The molecule has 1 aliphatic rings. The Morgan fingerprint density at radius 1 is 1.11 bits per heavy atom. The minimum absolute atomic E-state index is 0.223. The number of aryl methyl sites for hydroxylation is 1. The van der Waals surface area contributed by atoms with Crippen LogP contribution in [0.15, 0.2) is 48.5 Å². The van der Waals surface area contributed by atoms with Gasteiger partial charge in [0.1, 0.15) is 0 Å². The van der Waals surface area contributed by atoms with Crippen molar-refractivity contribution in [3.8, 4) is 11.3 Å². The lowest BCUT2D eigenvalue weighted by atomic mass is 9.87. The lowest BCUT2D eigenvalue weighted by Gasteiger charge is -2.13. The van der Waals surface area contributed by atoms with Gasteiger partial charge >= 0.3 is 5.97 Å². The van der Waals surface area contributed by atoms with Crippen LogP contribution in [0, 0.1) is 6.92 Å². The lowest BCUT2D eigenvalue weighted by Crippen LogP contribution is -2.17. The number of amides is 1. The Hall–Kier alpha value is -3.05. The van der Waals surface area contributed by atoms with Gasteiger partial charge in [0.2, 0.25) is 5.91 Å². The van der Waals surface area contributed by atoms with Crippen molar-refractivity contribution in [3.05, 3.63) is 75.9 Å². The fraction of sp³-hybridized carbons (Fsp3) is 0.143. The fourth-order valence-electron chi connectivity index (χ4n) is 3.67. The molecule has 2 aromatic carbocycles. The molecule has 27 heavy (non-hydrogen) atoms. The quantitative estimate of drug-likeness (QED) is 0.656. The van der Waals surface area contributed by atoms with Gasteiger partial charge in [-0.3, -0.25) is 4.79 Å². The topological polar surface area (TPSA) is 71.2 Å². The van der Waals surface area contributed by atoms with Gasteiger partial charge in [-0.15, -0.1) is 0 Å². The number of hydrogen-bond acceptors (Lipinski definition) is 3. The zero-order valence-corrected chi connectivity index (χ0v) is 15.6. The van der Waals surface area contributed by atoms with Crippen LogP contribution in [-0.2, 0) is 9.53 Å². The normalized spacial score (nSPS) is 15.4. The zero-order chi connectivity index (χ0) is 19.1. The number of para-hydroxylation sites is 1. The maximum atomic E-state index is 12.9. The summed E-state index contributed by atoms with van der Waals surface area (Å²) < 4.78 is 5.00. The minimum Gasteiger partial charge on any atom is -0.465 e. The Bertz CT molecular complexity index is 1060. The summed E-state index contributed by atoms with van der Waals surface area (Å²) in [7, 11) is 1.33. The molecule has 2 N–H and O–H groups in total. The maximum absolute atomic E-state index is 12.9. The predicted octanol–water partition coefficient (Wildman–Crippen LogP) is 4.51. The highest BCUT2D eigenvalue weighted by Crippen LogP contribution is 2.45. The van der Waals surface area contributed by atoms with Crippen LogP contribution < -0.4 is 5.32 Å². The highest BCUT2D eigenvalue weighted by molar-refractivity contribution is 6.34. The molecule has 2 heterocycles. The predicted molar refractivity (Wildman–Crippen MR) is 104 cm³/mol. The number of rotatable bonds is 3. The summed E-state index contributed by atoms with van der Waals surface area (Å²) in [5.41, 5.74) is 4.57. The number of nitrogens with one attached hydrogen (secondary N) is 2.